The second kappa shape index (κ2) is 5.47. The zero-order chi connectivity index (χ0) is 13.2. The van der Waals surface area contributed by atoms with Crippen molar-refractivity contribution in [2.24, 2.45) is 0 Å². The third-order valence-electron chi connectivity index (χ3n) is 2.78. The number of anilines is 1. The molecule has 1 aromatic heterocycles. The van der Waals surface area contributed by atoms with Crippen molar-refractivity contribution >= 4 is 17.6 Å². The van der Waals surface area contributed by atoms with E-state index in [-0.39, 0.29) is 4.75 Å². The summed E-state index contributed by atoms with van der Waals surface area (Å²) in [4.78, 5) is 9.30. The third kappa shape index (κ3) is 4.16. The van der Waals surface area contributed by atoms with E-state index in [1.807, 2.05) is 11.8 Å². The number of hydrogen-bond donors (Lipinski definition) is 1. The van der Waals surface area contributed by atoms with Crippen molar-refractivity contribution in [3.63, 3.8) is 0 Å². The van der Waals surface area contributed by atoms with Gasteiger partial charge in [0.1, 0.15) is 11.6 Å². The molecule has 18 heavy (non-hydrogen) atoms. The first-order valence-corrected chi connectivity index (χ1v) is 7.72. The highest BCUT2D eigenvalue weighted by Gasteiger charge is 2.26. The summed E-state index contributed by atoms with van der Waals surface area (Å²) in [5.74, 6) is 3.53. The average molecular weight is 265 g/mol. The third-order valence-corrected chi connectivity index (χ3v) is 4.05. The number of nitrogens with zero attached hydrogens (tertiary/aromatic N) is 2. The lowest BCUT2D eigenvalue weighted by atomic mass is 10.2. The van der Waals surface area contributed by atoms with Crippen molar-refractivity contribution in [2.75, 3.05) is 11.9 Å². The first-order valence-electron chi connectivity index (χ1n) is 6.73. The van der Waals surface area contributed by atoms with Gasteiger partial charge in [0.25, 0.3) is 0 Å². The number of aromatic nitrogens is 2. The van der Waals surface area contributed by atoms with Gasteiger partial charge in [-0.2, -0.15) is 0 Å². The summed E-state index contributed by atoms with van der Waals surface area (Å²) in [6.45, 7) is 9.70. The van der Waals surface area contributed by atoms with Crippen LogP contribution in [0.5, 0.6) is 0 Å². The molecule has 0 aliphatic heterocycles. The van der Waals surface area contributed by atoms with Crippen molar-refractivity contribution in [3.05, 3.63) is 17.6 Å². The summed E-state index contributed by atoms with van der Waals surface area (Å²) in [6.07, 6.45) is 2.57. The van der Waals surface area contributed by atoms with E-state index in [0.717, 1.165) is 23.9 Å². The molecule has 0 radical (unpaired) electrons. The molecule has 0 amide bonds. The molecule has 2 rings (SSSR count). The molecule has 1 N–H and O–H groups in total. The maximum absolute atomic E-state index is 4.71. The van der Waals surface area contributed by atoms with Crippen LogP contribution in [0, 0.1) is 0 Å². The molecule has 1 aliphatic rings. The minimum atomic E-state index is 0.261. The highest BCUT2D eigenvalue weighted by atomic mass is 32.2. The van der Waals surface area contributed by atoms with Gasteiger partial charge in [-0.25, -0.2) is 9.97 Å². The number of hydrogen-bond acceptors (Lipinski definition) is 4. The molecule has 0 unspecified atom stereocenters. The van der Waals surface area contributed by atoms with Crippen molar-refractivity contribution in [1.82, 2.24) is 9.97 Å². The molecule has 0 bridgehead atoms. The number of rotatable bonds is 5. The lowest BCUT2D eigenvalue weighted by Crippen LogP contribution is -2.10. The van der Waals surface area contributed by atoms with Gasteiger partial charge in [0, 0.05) is 29.0 Å². The van der Waals surface area contributed by atoms with E-state index in [1.165, 1.54) is 18.5 Å². The standard InChI is InChI=1S/C14H23N3S/c1-5-15-12-8-11(10-6-7-10)16-13(17-12)9-18-14(2,3)4/h8,10H,5-7,9H2,1-4H3,(H,15,16,17). The molecule has 1 fully saturated rings. The zero-order valence-electron chi connectivity index (χ0n) is 11.8. The van der Waals surface area contributed by atoms with Gasteiger partial charge in [0.2, 0.25) is 0 Å². The lowest BCUT2D eigenvalue weighted by Gasteiger charge is -2.17. The van der Waals surface area contributed by atoms with Crippen LogP contribution in [0.15, 0.2) is 6.07 Å². The Morgan fingerprint density at radius 1 is 1.33 bits per heavy atom. The van der Waals surface area contributed by atoms with E-state index in [1.54, 1.807) is 0 Å². The Kier molecular flexibility index (Phi) is 4.15. The normalized spacial score (nSPS) is 15.8. The predicted molar refractivity (Wildman–Crippen MR) is 79.2 cm³/mol. The van der Waals surface area contributed by atoms with Crippen LogP contribution in [0.3, 0.4) is 0 Å². The average Bonchev–Trinajstić information content (AvgIpc) is 3.09. The van der Waals surface area contributed by atoms with Gasteiger partial charge in [-0.3, -0.25) is 0 Å². The van der Waals surface area contributed by atoms with Crippen LogP contribution in [0.4, 0.5) is 5.82 Å². The molecule has 0 atom stereocenters. The Morgan fingerprint density at radius 2 is 2.06 bits per heavy atom. The first kappa shape index (κ1) is 13.7. The van der Waals surface area contributed by atoms with Gasteiger partial charge in [0.15, 0.2) is 0 Å². The maximum Gasteiger partial charge on any atom is 0.140 e. The van der Waals surface area contributed by atoms with Gasteiger partial charge in [-0.15, -0.1) is 11.8 Å². The second-order valence-electron chi connectivity index (χ2n) is 5.80. The van der Waals surface area contributed by atoms with Crippen molar-refractivity contribution < 1.29 is 0 Å². The molecular weight excluding hydrogens is 242 g/mol. The summed E-state index contributed by atoms with van der Waals surface area (Å²) in [5, 5.41) is 3.31. The molecule has 4 heteroatoms. The zero-order valence-corrected chi connectivity index (χ0v) is 12.6. The summed E-state index contributed by atoms with van der Waals surface area (Å²) in [6, 6.07) is 2.12. The lowest BCUT2D eigenvalue weighted by molar-refractivity contribution is 0.799. The van der Waals surface area contributed by atoms with Crippen molar-refractivity contribution in [3.8, 4) is 0 Å². The molecule has 0 aromatic carbocycles. The van der Waals surface area contributed by atoms with Crippen LogP contribution in [-0.4, -0.2) is 21.3 Å². The van der Waals surface area contributed by atoms with Crippen LogP contribution in [0.25, 0.3) is 0 Å². The Labute approximate surface area is 114 Å². The Balaban J connectivity index is 2.12. The highest BCUT2D eigenvalue weighted by molar-refractivity contribution is 7.99. The molecular formula is C14H23N3S. The minimum Gasteiger partial charge on any atom is -0.370 e. The molecule has 3 nitrogen and oxygen atoms in total. The number of thioether (sulfide) groups is 1. The predicted octanol–water partition coefficient (Wildman–Crippen LogP) is 3.82. The van der Waals surface area contributed by atoms with Crippen molar-refractivity contribution in [1.29, 1.82) is 0 Å². The fourth-order valence-electron chi connectivity index (χ4n) is 1.72. The highest BCUT2D eigenvalue weighted by Crippen LogP contribution is 2.39. The van der Waals surface area contributed by atoms with E-state index >= 15 is 0 Å². The summed E-state index contributed by atoms with van der Waals surface area (Å²) < 4.78 is 0.261. The van der Waals surface area contributed by atoms with Crippen LogP contribution in [0.1, 0.15) is 58.0 Å². The van der Waals surface area contributed by atoms with Crippen LogP contribution >= 0.6 is 11.8 Å². The van der Waals surface area contributed by atoms with Gasteiger partial charge in [0.05, 0.1) is 5.75 Å². The van der Waals surface area contributed by atoms with Gasteiger partial charge in [-0.05, 0) is 19.8 Å². The molecule has 0 spiro atoms. The van der Waals surface area contributed by atoms with Crippen LogP contribution < -0.4 is 5.32 Å². The van der Waals surface area contributed by atoms with Crippen LogP contribution in [-0.2, 0) is 5.75 Å². The van der Waals surface area contributed by atoms with Gasteiger partial charge in [-0.1, -0.05) is 20.8 Å². The molecule has 1 heterocycles. The molecule has 0 saturated heterocycles. The van der Waals surface area contributed by atoms with E-state index in [2.05, 4.69) is 44.1 Å². The van der Waals surface area contributed by atoms with E-state index in [0.29, 0.717) is 5.92 Å². The van der Waals surface area contributed by atoms with E-state index in [4.69, 9.17) is 4.98 Å². The molecule has 1 aliphatic carbocycles. The topological polar surface area (TPSA) is 37.8 Å². The summed E-state index contributed by atoms with van der Waals surface area (Å²) in [5.41, 5.74) is 1.23. The smallest absolute Gasteiger partial charge is 0.140 e. The van der Waals surface area contributed by atoms with Crippen molar-refractivity contribution in [2.45, 2.75) is 57.0 Å². The van der Waals surface area contributed by atoms with E-state index < -0.39 is 0 Å². The van der Waals surface area contributed by atoms with Crippen LogP contribution in [0.2, 0.25) is 0 Å². The summed E-state index contributed by atoms with van der Waals surface area (Å²) in [7, 11) is 0. The second-order valence-corrected chi connectivity index (χ2v) is 7.60. The molecule has 1 aromatic rings. The molecule has 1 saturated carbocycles. The largest absolute Gasteiger partial charge is 0.370 e. The SMILES string of the molecule is CCNc1cc(C2CC2)nc(CSC(C)(C)C)n1. The number of nitrogens with one attached hydrogen (secondary N) is 1. The fraction of sp³-hybridized carbons (Fsp3) is 0.714. The van der Waals surface area contributed by atoms with Gasteiger partial charge >= 0.3 is 0 Å². The summed E-state index contributed by atoms with van der Waals surface area (Å²) >= 11 is 1.90. The monoisotopic (exact) mass is 265 g/mol. The Bertz CT molecular complexity index is 408. The quantitative estimate of drug-likeness (QED) is 0.878. The first-order chi connectivity index (χ1) is 8.48. The van der Waals surface area contributed by atoms with E-state index in [9.17, 15) is 0 Å². The van der Waals surface area contributed by atoms with Gasteiger partial charge < -0.3 is 5.32 Å². The molecule has 100 valence electrons. The Morgan fingerprint density at radius 3 is 2.61 bits per heavy atom. The Hall–Kier alpha value is -0.770. The fourth-order valence-corrected chi connectivity index (χ4v) is 2.41. The maximum atomic E-state index is 4.71. The minimum absolute atomic E-state index is 0.261.